The molecule has 13 heteroatoms. The predicted octanol–water partition coefficient (Wildman–Crippen LogP) is 2.40. The molecule has 0 radical (unpaired) electrons. The van der Waals surface area contributed by atoms with Gasteiger partial charge in [0.2, 0.25) is 23.3 Å². The van der Waals surface area contributed by atoms with Crippen LogP contribution in [0.1, 0.15) is 52.9 Å². The number of nitrogens with zero attached hydrogens (tertiary/aromatic N) is 4. The van der Waals surface area contributed by atoms with E-state index in [9.17, 15) is 24.4 Å². The van der Waals surface area contributed by atoms with Gasteiger partial charge in [-0.3, -0.25) is 19.2 Å². The van der Waals surface area contributed by atoms with Gasteiger partial charge in [-0.1, -0.05) is 20.8 Å². The first-order valence-electron chi connectivity index (χ1n) is 15.4. The van der Waals surface area contributed by atoms with E-state index in [1.165, 1.54) is 16.0 Å². The third-order valence-electron chi connectivity index (χ3n) is 10.8. The zero-order valence-electron chi connectivity index (χ0n) is 24.9. The van der Waals surface area contributed by atoms with Gasteiger partial charge in [0.15, 0.2) is 11.6 Å². The number of alkyl halides is 2. The molecule has 1 spiro atoms. The van der Waals surface area contributed by atoms with E-state index < -0.39 is 69.7 Å². The molecular formula is C31H36ClFN6O5. The Morgan fingerprint density at radius 3 is 2.68 bits per heavy atom. The van der Waals surface area contributed by atoms with Gasteiger partial charge in [0.1, 0.15) is 29.2 Å². The zero-order valence-corrected chi connectivity index (χ0v) is 25.6. The van der Waals surface area contributed by atoms with E-state index in [-0.39, 0.29) is 43.1 Å². The number of hydrogen-bond donors (Lipinski definition) is 2. The third kappa shape index (κ3) is 4.37. The predicted molar refractivity (Wildman–Crippen MR) is 155 cm³/mol. The number of carbonyl (C=O) groups is 4. The highest BCUT2D eigenvalue weighted by Crippen LogP contribution is 2.59. The number of nitrogens with one attached hydrogen (secondary N) is 2. The molecule has 0 aromatic carbocycles. The van der Waals surface area contributed by atoms with Crippen LogP contribution in [-0.2, 0) is 19.2 Å². The summed E-state index contributed by atoms with van der Waals surface area (Å²) in [5.74, 6) is -2.11. The molecule has 2 bridgehead atoms. The number of likely N-dealkylation sites (tertiary alicyclic amines) is 2. The van der Waals surface area contributed by atoms with Crippen molar-refractivity contribution in [1.82, 2.24) is 20.1 Å². The number of amides is 4. The highest BCUT2D eigenvalue weighted by Gasteiger charge is 2.65. The average Bonchev–Trinajstić information content (AvgIpc) is 3.30. The van der Waals surface area contributed by atoms with E-state index in [0.717, 1.165) is 0 Å². The number of rotatable bonds is 4. The number of nitriles is 1. The van der Waals surface area contributed by atoms with Crippen LogP contribution in [0.25, 0.3) is 0 Å². The Kier molecular flexibility index (Phi) is 6.50. The summed E-state index contributed by atoms with van der Waals surface area (Å²) in [6.45, 7) is 5.55. The monoisotopic (exact) mass is 626 g/mol. The van der Waals surface area contributed by atoms with Gasteiger partial charge in [0.05, 0.1) is 12.6 Å². The summed E-state index contributed by atoms with van der Waals surface area (Å²) in [6.07, 6.45) is 2.46. The topological polar surface area (TPSA) is 145 Å². The highest BCUT2D eigenvalue weighted by molar-refractivity contribution is 6.37. The second-order valence-electron chi connectivity index (χ2n) is 14.5. The van der Waals surface area contributed by atoms with Gasteiger partial charge in [0, 0.05) is 19.2 Å². The maximum Gasteiger partial charge on any atom is 0.271 e. The normalized spacial score (nSPS) is 36.6. The molecule has 11 nitrogen and oxygen atoms in total. The number of pyridine rings is 1. The number of ether oxygens (including phenoxy) is 1. The van der Waals surface area contributed by atoms with Crippen LogP contribution in [-0.4, -0.2) is 86.3 Å². The van der Waals surface area contributed by atoms with Crippen LogP contribution >= 0.6 is 11.6 Å². The second-order valence-corrected chi connectivity index (χ2v) is 15.3. The Morgan fingerprint density at radius 1 is 1.25 bits per heavy atom. The fourth-order valence-corrected chi connectivity index (χ4v) is 8.48. The van der Waals surface area contributed by atoms with Crippen molar-refractivity contribution in [2.45, 2.75) is 87.6 Å². The Bertz CT molecular complexity index is 1490. The van der Waals surface area contributed by atoms with Crippen molar-refractivity contribution in [1.29, 1.82) is 5.26 Å². The number of carbonyl (C=O) groups excluding carboxylic acids is 4. The maximum atomic E-state index is 15.2. The lowest BCUT2D eigenvalue weighted by Crippen LogP contribution is -2.61. The molecule has 6 aliphatic rings. The number of halogens is 2. The van der Waals surface area contributed by atoms with Crippen molar-refractivity contribution in [2.24, 2.45) is 29.1 Å². The van der Waals surface area contributed by atoms with Gasteiger partial charge in [0.25, 0.3) is 5.91 Å². The van der Waals surface area contributed by atoms with Crippen LogP contribution in [0.5, 0.6) is 5.75 Å². The van der Waals surface area contributed by atoms with Gasteiger partial charge >= 0.3 is 0 Å². The van der Waals surface area contributed by atoms with Gasteiger partial charge in [-0.15, -0.1) is 11.6 Å². The molecular weight excluding hydrogens is 591 g/mol. The fourth-order valence-electron chi connectivity index (χ4n) is 8.33. The first-order valence-corrected chi connectivity index (χ1v) is 15.7. The van der Waals surface area contributed by atoms with Crippen molar-refractivity contribution in [3.05, 3.63) is 18.3 Å². The lowest BCUT2D eigenvalue weighted by Gasteiger charge is -2.39. The molecule has 3 saturated carbocycles. The molecule has 9 atom stereocenters. The largest absolute Gasteiger partial charge is 0.472 e. The van der Waals surface area contributed by atoms with E-state index in [2.05, 4.69) is 21.7 Å². The van der Waals surface area contributed by atoms with E-state index in [1.807, 2.05) is 20.8 Å². The minimum absolute atomic E-state index is 0.0431. The summed E-state index contributed by atoms with van der Waals surface area (Å²) in [5, 5.41) is 15.8. The van der Waals surface area contributed by atoms with Crippen LogP contribution in [0.2, 0.25) is 0 Å². The number of aromatic nitrogens is 1. The molecule has 2 saturated heterocycles. The standard InChI is InChI=1S/C31H36ClFN6O5/c1-29(2,3)23(36-27(42)30(32)6-7-30)26(41)38-13-18-15-9-17(19(33)10-15)21(18)22(38)25(40)39-14-31(11-16(39)12-34)28(43)37-24-20(44-31)5-4-8-35-24/h4-5,8,15-19,21-23H,6-7,9-11,13-14H2,1-3H3,(H,36,42)(H,35,37,43). The Balaban J connectivity index is 1.22. The van der Waals surface area contributed by atoms with E-state index >= 15 is 4.39 Å². The zero-order chi connectivity index (χ0) is 31.3. The van der Waals surface area contributed by atoms with E-state index in [1.54, 1.807) is 12.1 Å². The molecule has 7 rings (SSSR count). The molecule has 2 N–H and O–H groups in total. The molecule has 4 heterocycles. The van der Waals surface area contributed by atoms with Crippen LogP contribution in [0.4, 0.5) is 10.2 Å². The SMILES string of the molecule is CC(C)(C)C(NC(=O)C1(Cl)CC1)C(=O)N1CC2C3CC(F)C(C3)C2C1C(=O)N1CC2(CC1C#N)Oc1cccnc1NC2=O. The van der Waals surface area contributed by atoms with Crippen molar-refractivity contribution < 1.29 is 28.3 Å². The fraction of sp³-hybridized carbons (Fsp3) is 0.677. The Morgan fingerprint density at radius 2 is 2.00 bits per heavy atom. The molecule has 3 aliphatic heterocycles. The summed E-state index contributed by atoms with van der Waals surface area (Å²) >= 11 is 6.39. The summed E-state index contributed by atoms with van der Waals surface area (Å²) in [4.78, 5) is 61.4. The van der Waals surface area contributed by atoms with Crippen LogP contribution < -0.4 is 15.4 Å². The number of hydrogen-bond acceptors (Lipinski definition) is 7. The summed E-state index contributed by atoms with van der Waals surface area (Å²) < 4.78 is 21.4. The minimum Gasteiger partial charge on any atom is -0.472 e. The van der Waals surface area contributed by atoms with Gasteiger partial charge < -0.3 is 25.2 Å². The van der Waals surface area contributed by atoms with Crippen molar-refractivity contribution in [3.8, 4) is 11.8 Å². The third-order valence-corrected chi connectivity index (χ3v) is 11.3. The van der Waals surface area contributed by atoms with Crippen LogP contribution in [0.15, 0.2) is 18.3 Å². The molecule has 3 aliphatic carbocycles. The number of anilines is 1. The summed E-state index contributed by atoms with van der Waals surface area (Å²) in [7, 11) is 0. The first-order chi connectivity index (χ1) is 20.8. The molecule has 9 unspecified atom stereocenters. The molecule has 1 aromatic heterocycles. The number of fused-ring (bicyclic) bond motifs is 6. The molecule has 1 aromatic rings. The first kappa shape index (κ1) is 29.3. The highest BCUT2D eigenvalue weighted by atomic mass is 35.5. The summed E-state index contributed by atoms with van der Waals surface area (Å²) in [6, 6.07) is 2.44. The van der Waals surface area contributed by atoms with Crippen molar-refractivity contribution >= 4 is 41.0 Å². The lowest BCUT2D eigenvalue weighted by molar-refractivity contribution is -0.149. The molecule has 5 fully saturated rings. The Labute approximate surface area is 259 Å². The smallest absolute Gasteiger partial charge is 0.271 e. The second kappa shape index (κ2) is 9.77. The maximum absolute atomic E-state index is 15.2. The lowest BCUT2D eigenvalue weighted by atomic mass is 9.77. The van der Waals surface area contributed by atoms with E-state index in [0.29, 0.717) is 31.4 Å². The Hall–Kier alpha value is -3.46. The van der Waals surface area contributed by atoms with Gasteiger partial charge in [-0.05, 0) is 66.9 Å². The van der Waals surface area contributed by atoms with E-state index in [4.69, 9.17) is 16.3 Å². The quantitative estimate of drug-likeness (QED) is 0.488. The average molecular weight is 627 g/mol. The molecule has 234 valence electrons. The molecule has 44 heavy (non-hydrogen) atoms. The van der Waals surface area contributed by atoms with Gasteiger partial charge in [-0.2, -0.15) is 5.26 Å². The minimum atomic E-state index is -1.52. The van der Waals surface area contributed by atoms with Crippen molar-refractivity contribution in [2.75, 3.05) is 18.4 Å². The van der Waals surface area contributed by atoms with Crippen molar-refractivity contribution in [3.63, 3.8) is 0 Å². The van der Waals surface area contributed by atoms with Gasteiger partial charge in [-0.25, -0.2) is 9.37 Å². The molecule has 4 amide bonds. The summed E-state index contributed by atoms with van der Waals surface area (Å²) in [5.41, 5.74) is -2.23. The van der Waals surface area contributed by atoms with Crippen LogP contribution in [0.3, 0.4) is 0 Å². The van der Waals surface area contributed by atoms with Crippen LogP contribution in [0, 0.1) is 40.4 Å².